The predicted molar refractivity (Wildman–Crippen MR) is 119 cm³/mol. The molecule has 2 aromatic heterocycles. The van der Waals surface area contributed by atoms with Crippen LogP contribution < -0.4 is 33.1 Å². The number of ether oxygens (including phenoxy) is 1. The lowest BCUT2D eigenvalue weighted by molar-refractivity contribution is -0.688. The number of allylic oxidation sites excluding steroid dienone is 1. The van der Waals surface area contributed by atoms with Crippen molar-refractivity contribution >= 4 is 11.0 Å². The second-order valence-corrected chi connectivity index (χ2v) is 7.78. The normalized spacial score (nSPS) is 14.7. The number of nitrogens with two attached hydrogens (primary N) is 1. The molecule has 0 saturated heterocycles. The Labute approximate surface area is 196 Å². The van der Waals surface area contributed by atoms with Gasteiger partial charge in [-0.15, -0.1) is 0 Å². The van der Waals surface area contributed by atoms with Crippen LogP contribution >= 0.6 is 0 Å². The van der Waals surface area contributed by atoms with Crippen LogP contribution in [0.3, 0.4) is 0 Å². The quantitative estimate of drug-likeness (QED) is 0.360. The minimum absolute atomic E-state index is 0. The van der Waals surface area contributed by atoms with Gasteiger partial charge in [-0.25, -0.2) is 9.36 Å². The number of nitriles is 1. The van der Waals surface area contributed by atoms with Gasteiger partial charge in [-0.1, -0.05) is 36.4 Å². The molecule has 33 heavy (non-hydrogen) atoms. The van der Waals surface area contributed by atoms with Crippen LogP contribution in [-0.4, -0.2) is 0 Å². The second-order valence-electron chi connectivity index (χ2n) is 7.78. The molecule has 7 heteroatoms. The summed E-state index contributed by atoms with van der Waals surface area (Å²) in [6.07, 6.45) is 3.87. The molecule has 164 valence electrons. The molecule has 5 rings (SSSR count). The van der Waals surface area contributed by atoms with Crippen LogP contribution in [0, 0.1) is 18.3 Å². The maximum Gasteiger partial charge on any atom is 0.344 e. The van der Waals surface area contributed by atoms with E-state index >= 15 is 0 Å². The number of nitrogens with zero attached hydrogens (tertiary/aromatic N) is 2. The lowest BCUT2D eigenvalue weighted by Gasteiger charge is -2.25. The van der Waals surface area contributed by atoms with E-state index in [1.165, 1.54) is 11.1 Å². The molecule has 0 amide bonds. The zero-order valence-corrected chi connectivity index (χ0v) is 18.5. The third-order valence-corrected chi connectivity index (χ3v) is 5.84. The van der Waals surface area contributed by atoms with Crippen LogP contribution in [0.5, 0.6) is 5.75 Å². The van der Waals surface area contributed by atoms with Gasteiger partial charge < -0.3 is 27.3 Å². The predicted octanol–water partition coefficient (Wildman–Crippen LogP) is 0.659. The first-order chi connectivity index (χ1) is 15.6. The Bertz CT molecular complexity index is 1480. The molecule has 0 bridgehead atoms. The van der Waals surface area contributed by atoms with Crippen LogP contribution in [0.4, 0.5) is 0 Å². The monoisotopic (exact) mass is 457 g/mol. The SMILES string of the molecule is Cc1ccccc1C[n+]1ccc(C2C(C#N)=C(N)Oc3c2c(=O)oc2ccccc32)cc1.[Cl-]. The van der Waals surface area contributed by atoms with Crippen LogP contribution in [0.25, 0.3) is 11.0 Å². The van der Waals surface area contributed by atoms with E-state index in [1.54, 1.807) is 18.2 Å². The molecule has 4 aromatic rings. The number of rotatable bonds is 3. The lowest BCUT2D eigenvalue weighted by atomic mass is 9.84. The fraction of sp³-hybridized carbons (Fsp3) is 0.115. The second kappa shape index (κ2) is 8.81. The Hall–Kier alpha value is -4.08. The van der Waals surface area contributed by atoms with E-state index in [0.29, 0.717) is 23.3 Å². The highest BCUT2D eigenvalue weighted by Gasteiger charge is 2.35. The summed E-state index contributed by atoms with van der Waals surface area (Å²) in [7, 11) is 0. The summed E-state index contributed by atoms with van der Waals surface area (Å²) in [5, 5.41) is 10.4. The van der Waals surface area contributed by atoms with E-state index in [-0.39, 0.29) is 29.4 Å². The molecule has 0 fully saturated rings. The standard InChI is InChI=1S/C26H20N3O3.ClH/c1-16-6-2-3-7-18(16)15-29-12-10-17(11-13-29)22-20(14-27)25(28)32-24-19-8-4-5-9-21(19)31-26(30)23(22)24;/h2-13,22H,15,28H2,1H3;1H/q+1;/p-1. The van der Waals surface area contributed by atoms with Crippen LogP contribution in [0.1, 0.15) is 28.2 Å². The number of halogens is 1. The third kappa shape index (κ3) is 3.84. The van der Waals surface area contributed by atoms with Gasteiger partial charge in [-0.2, -0.15) is 5.26 Å². The fourth-order valence-electron chi connectivity index (χ4n) is 4.15. The van der Waals surface area contributed by atoms with Crippen molar-refractivity contribution in [3.05, 3.63) is 117 Å². The van der Waals surface area contributed by atoms with Gasteiger partial charge >= 0.3 is 5.63 Å². The maximum absolute atomic E-state index is 13.0. The minimum atomic E-state index is -0.669. The Morgan fingerprint density at radius 1 is 1.06 bits per heavy atom. The van der Waals surface area contributed by atoms with E-state index in [0.717, 1.165) is 5.56 Å². The van der Waals surface area contributed by atoms with E-state index in [1.807, 2.05) is 47.3 Å². The molecule has 0 aliphatic carbocycles. The minimum Gasteiger partial charge on any atom is -1.00 e. The van der Waals surface area contributed by atoms with Crippen molar-refractivity contribution in [3.8, 4) is 11.8 Å². The van der Waals surface area contributed by atoms with Crippen molar-refractivity contribution in [1.82, 2.24) is 0 Å². The molecular weight excluding hydrogens is 438 g/mol. The van der Waals surface area contributed by atoms with Crippen LogP contribution in [-0.2, 0) is 6.54 Å². The molecular formula is C26H20ClN3O3. The number of aromatic nitrogens is 1. The lowest BCUT2D eigenvalue weighted by Crippen LogP contribution is -3.00. The number of para-hydroxylation sites is 1. The smallest absolute Gasteiger partial charge is 0.344 e. The molecule has 1 unspecified atom stereocenters. The summed E-state index contributed by atoms with van der Waals surface area (Å²) >= 11 is 0. The first-order valence-corrected chi connectivity index (χ1v) is 10.2. The number of hydrogen-bond donors (Lipinski definition) is 1. The van der Waals surface area contributed by atoms with Gasteiger partial charge in [0.1, 0.15) is 17.2 Å². The van der Waals surface area contributed by atoms with Crippen molar-refractivity contribution in [2.24, 2.45) is 5.73 Å². The third-order valence-electron chi connectivity index (χ3n) is 5.84. The molecule has 0 radical (unpaired) electrons. The van der Waals surface area contributed by atoms with Gasteiger partial charge in [-0.05, 0) is 30.2 Å². The molecule has 6 nitrogen and oxygen atoms in total. The van der Waals surface area contributed by atoms with Gasteiger partial charge in [-0.3, -0.25) is 0 Å². The number of pyridine rings is 1. The van der Waals surface area contributed by atoms with E-state index < -0.39 is 11.5 Å². The molecule has 1 aliphatic rings. The van der Waals surface area contributed by atoms with Gasteiger partial charge in [0.05, 0.1) is 16.9 Å². The van der Waals surface area contributed by atoms with Crippen molar-refractivity contribution in [3.63, 3.8) is 0 Å². The Kier molecular flexibility index (Phi) is 5.91. The van der Waals surface area contributed by atoms with Gasteiger partial charge in [0.2, 0.25) is 5.88 Å². The summed E-state index contributed by atoms with van der Waals surface area (Å²) in [5.41, 5.74) is 9.66. The highest BCUT2D eigenvalue weighted by atomic mass is 35.5. The average Bonchev–Trinajstić information content (AvgIpc) is 2.80. The van der Waals surface area contributed by atoms with Crippen LogP contribution in [0.2, 0.25) is 0 Å². The van der Waals surface area contributed by atoms with Crippen molar-refractivity contribution < 1.29 is 26.1 Å². The number of fused-ring (bicyclic) bond motifs is 3. The Balaban J connectivity index is 0.00000259. The number of benzene rings is 2. The van der Waals surface area contributed by atoms with Crippen molar-refractivity contribution in [2.45, 2.75) is 19.4 Å². The molecule has 1 aliphatic heterocycles. The summed E-state index contributed by atoms with van der Waals surface area (Å²) in [5.74, 6) is -0.329. The number of hydrogen-bond acceptors (Lipinski definition) is 5. The summed E-state index contributed by atoms with van der Waals surface area (Å²) in [6.45, 7) is 2.80. The van der Waals surface area contributed by atoms with Crippen LogP contribution in [0.15, 0.2) is 93.7 Å². The summed E-state index contributed by atoms with van der Waals surface area (Å²) < 4.78 is 13.4. The average molecular weight is 458 g/mol. The van der Waals surface area contributed by atoms with Gasteiger partial charge in [0.25, 0.3) is 0 Å². The molecule has 0 spiro atoms. The highest BCUT2D eigenvalue weighted by molar-refractivity contribution is 5.85. The summed E-state index contributed by atoms with van der Waals surface area (Å²) in [4.78, 5) is 13.0. The van der Waals surface area contributed by atoms with Crippen molar-refractivity contribution in [2.75, 3.05) is 0 Å². The highest BCUT2D eigenvalue weighted by Crippen LogP contribution is 2.43. The molecule has 0 saturated carbocycles. The fourth-order valence-corrected chi connectivity index (χ4v) is 4.15. The molecule has 2 aromatic carbocycles. The Morgan fingerprint density at radius 3 is 2.48 bits per heavy atom. The largest absolute Gasteiger partial charge is 1.00 e. The molecule has 3 heterocycles. The van der Waals surface area contributed by atoms with Gasteiger partial charge in [0.15, 0.2) is 24.7 Å². The maximum atomic E-state index is 13.0. The Morgan fingerprint density at radius 2 is 1.76 bits per heavy atom. The number of aryl methyl sites for hydroxylation is 1. The molecule has 2 N–H and O–H groups in total. The summed E-state index contributed by atoms with van der Waals surface area (Å²) in [6, 6.07) is 21.3. The van der Waals surface area contributed by atoms with Gasteiger partial charge in [0, 0.05) is 17.7 Å². The zero-order valence-electron chi connectivity index (χ0n) is 17.8. The topological polar surface area (TPSA) is 93.1 Å². The van der Waals surface area contributed by atoms with E-state index in [4.69, 9.17) is 14.9 Å². The molecule has 1 atom stereocenters. The van der Waals surface area contributed by atoms with Crippen molar-refractivity contribution in [1.29, 1.82) is 5.26 Å². The first kappa shape index (κ1) is 22.1. The van der Waals surface area contributed by atoms with E-state index in [9.17, 15) is 10.1 Å². The zero-order chi connectivity index (χ0) is 22.2. The van der Waals surface area contributed by atoms with E-state index in [2.05, 4.69) is 25.1 Å². The first-order valence-electron chi connectivity index (χ1n) is 10.2.